The van der Waals surface area contributed by atoms with Gasteiger partial charge in [0.15, 0.2) is 0 Å². The average molecular weight is 312 g/mol. The highest BCUT2D eigenvalue weighted by Gasteiger charge is 2.03. The van der Waals surface area contributed by atoms with Crippen LogP contribution in [0.4, 0.5) is 4.39 Å². The van der Waals surface area contributed by atoms with E-state index in [0.717, 1.165) is 5.56 Å². The summed E-state index contributed by atoms with van der Waals surface area (Å²) in [5, 5.41) is 11.1. The number of halogens is 1. The molecule has 2 aromatic rings. The number of nitrogens with one attached hydrogen (secondary N) is 1. The Morgan fingerprint density at radius 3 is 2.61 bits per heavy atom. The molecule has 0 atom stereocenters. The van der Waals surface area contributed by atoms with Crippen molar-refractivity contribution in [2.75, 3.05) is 6.54 Å². The van der Waals surface area contributed by atoms with Crippen molar-refractivity contribution >= 4 is 5.91 Å². The minimum absolute atomic E-state index is 0.122. The molecule has 118 valence electrons. The lowest BCUT2D eigenvalue weighted by molar-refractivity contribution is -0.120. The third kappa shape index (κ3) is 5.44. The van der Waals surface area contributed by atoms with Crippen LogP contribution in [0.1, 0.15) is 17.5 Å². The van der Waals surface area contributed by atoms with Crippen molar-refractivity contribution in [1.82, 2.24) is 5.32 Å². The van der Waals surface area contributed by atoms with Gasteiger partial charge in [-0.25, -0.2) is 4.39 Å². The van der Waals surface area contributed by atoms with Crippen LogP contribution in [0, 0.1) is 17.1 Å². The van der Waals surface area contributed by atoms with Gasteiger partial charge in [-0.05, 0) is 30.2 Å². The van der Waals surface area contributed by atoms with Crippen molar-refractivity contribution in [3.05, 3.63) is 65.5 Å². The average Bonchev–Trinajstić information content (AvgIpc) is 2.56. The molecule has 5 heteroatoms. The summed E-state index contributed by atoms with van der Waals surface area (Å²) in [5.74, 6) is 0.111. The maximum absolute atomic E-state index is 13.5. The lowest BCUT2D eigenvalue weighted by atomic mass is 10.1. The smallest absolute Gasteiger partial charge is 0.234 e. The summed E-state index contributed by atoms with van der Waals surface area (Å²) >= 11 is 0. The molecule has 1 amide bonds. The molecule has 0 unspecified atom stereocenters. The Bertz CT molecular complexity index is 693. The molecule has 0 aromatic heterocycles. The quantitative estimate of drug-likeness (QED) is 0.855. The van der Waals surface area contributed by atoms with Gasteiger partial charge in [-0.1, -0.05) is 30.3 Å². The molecule has 0 saturated heterocycles. The number of nitriles is 1. The molecular weight excluding hydrogens is 295 g/mol. The van der Waals surface area contributed by atoms with Gasteiger partial charge in [0, 0.05) is 12.1 Å². The molecule has 0 fully saturated rings. The molecule has 0 spiro atoms. The lowest BCUT2D eigenvalue weighted by Crippen LogP contribution is -2.24. The number of carbonyl (C=O) groups is 1. The third-order valence-electron chi connectivity index (χ3n) is 3.25. The molecule has 0 aliphatic rings. The summed E-state index contributed by atoms with van der Waals surface area (Å²) < 4.78 is 19.0. The normalized spacial score (nSPS) is 9.91. The first-order valence-corrected chi connectivity index (χ1v) is 7.28. The third-order valence-corrected chi connectivity index (χ3v) is 3.25. The highest BCUT2D eigenvalue weighted by Crippen LogP contribution is 2.15. The SMILES string of the molecule is N#CCC(=O)NCCc1ccc(OCc2ccccc2F)cc1. The highest BCUT2D eigenvalue weighted by molar-refractivity contribution is 5.77. The molecule has 2 rings (SSSR count). The molecule has 1 N–H and O–H groups in total. The highest BCUT2D eigenvalue weighted by atomic mass is 19.1. The van der Waals surface area contributed by atoms with Crippen LogP contribution in [-0.2, 0) is 17.8 Å². The predicted molar refractivity (Wildman–Crippen MR) is 84.1 cm³/mol. The van der Waals surface area contributed by atoms with E-state index >= 15 is 0 Å². The van der Waals surface area contributed by atoms with E-state index in [1.54, 1.807) is 24.3 Å². The second kappa shape index (κ2) is 8.54. The standard InChI is InChI=1S/C18H17FN2O2/c19-17-4-2-1-3-15(17)13-23-16-7-5-14(6-8-16)10-12-21-18(22)9-11-20/h1-8H,9-10,12-13H2,(H,21,22). The van der Waals surface area contributed by atoms with Crippen molar-refractivity contribution in [2.24, 2.45) is 0 Å². The fraction of sp³-hybridized carbons (Fsp3) is 0.222. The predicted octanol–water partition coefficient (Wildman–Crippen LogP) is 2.98. The van der Waals surface area contributed by atoms with Crippen LogP contribution in [0.15, 0.2) is 48.5 Å². The Kier molecular flexibility index (Phi) is 6.13. The maximum atomic E-state index is 13.5. The minimum Gasteiger partial charge on any atom is -0.489 e. The Morgan fingerprint density at radius 2 is 1.91 bits per heavy atom. The van der Waals surface area contributed by atoms with Crippen molar-refractivity contribution in [3.63, 3.8) is 0 Å². The van der Waals surface area contributed by atoms with Crippen molar-refractivity contribution in [1.29, 1.82) is 5.26 Å². The van der Waals surface area contributed by atoms with Gasteiger partial charge < -0.3 is 10.1 Å². The molecule has 0 aliphatic heterocycles. The van der Waals surface area contributed by atoms with Crippen LogP contribution in [-0.4, -0.2) is 12.5 Å². The van der Waals surface area contributed by atoms with Gasteiger partial charge in [0.2, 0.25) is 5.91 Å². The molecule has 0 saturated carbocycles. The minimum atomic E-state index is -0.280. The summed E-state index contributed by atoms with van der Waals surface area (Å²) in [5.41, 5.74) is 1.55. The van der Waals surface area contributed by atoms with Crippen LogP contribution in [0.2, 0.25) is 0 Å². The van der Waals surface area contributed by atoms with E-state index in [1.165, 1.54) is 6.07 Å². The number of rotatable bonds is 7. The number of hydrogen-bond acceptors (Lipinski definition) is 3. The van der Waals surface area contributed by atoms with Gasteiger partial charge in [0.25, 0.3) is 0 Å². The zero-order chi connectivity index (χ0) is 16.5. The summed E-state index contributed by atoms with van der Waals surface area (Å²) in [6, 6.07) is 15.7. The number of benzene rings is 2. The molecule has 2 aromatic carbocycles. The second-order valence-electron chi connectivity index (χ2n) is 4.96. The van der Waals surface area contributed by atoms with Crippen molar-refractivity contribution < 1.29 is 13.9 Å². The first-order valence-electron chi connectivity index (χ1n) is 7.28. The Hall–Kier alpha value is -2.87. The number of hydrogen-bond donors (Lipinski definition) is 1. The van der Waals surface area contributed by atoms with Gasteiger partial charge >= 0.3 is 0 Å². The van der Waals surface area contributed by atoms with Crippen LogP contribution < -0.4 is 10.1 Å². The Balaban J connectivity index is 1.79. The topological polar surface area (TPSA) is 62.1 Å². The van der Waals surface area contributed by atoms with E-state index in [9.17, 15) is 9.18 Å². The fourth-order valence-corrected chi connectivity index (χ4v) is 2.01. The van der Waals surface area contributed by atoms with Crippen LogP contribution in [0.5, 0.6) is 5.75 Å². The van der Waals surface area contributed by atoms with Crippen LogP contribution >= 0.6 is 0 Å². The van der Waals surface area contributed by atoms with E-state index in [4.69, 9.17) is 10.00 Å². The molecule has 0 bridgehead atoms. The van der Waals surface area contributed by atoms with Gasteiger partial charge in [0.05, 0.1) is 6.07 Å². The summed E-state index contributed by atoms with van der Waals surface area (Å²) in [6.07, 6.45) is 0.549. The van der Waals surface area contributed by atoms with Crippen LogP contribution in [0.3, 0.4) is 0 Å². The number of carbonyl (C=O) groups excluding carboxylic acids is 1. The number of amides is 1. The summed E-state index contributed by atoms with van der Waals surface area (Å²) in [6.45, 7) is 0.659. The molecular formula is C18H17FN2O2. The van der Waals surface area contributed by atoms with Gasteiger partial charge in [-0.3, -0.25) is 4.79 Å². The first kappa shape index (κ1) is 16.5. The summed E-state index contributed by atoms with van der Waals surface area (Å²) in [4.78, 5) is 11.2. The van der Waals surface area contributed by atoms with Gasteiger partial charge in [0.1, 0.15) is 24.6 Å². The van der Waals surface area contributed by atoms with Crippen LogP contribution in [0.25, 0.3) is 0 Å². The maximum Gasteiger partial charge on any atom is 0.234 e. The van der Waals surface area contributed by atoms with Gasteiger partial charge in [-0.2, -0.15) is 5.26 Å². The number of ether oxygens (including phenoxy) is 1. The zero-order valence-electron chi connectivity index (χ0n) is 12.6. The Labute approximate surface area is 134 Å². The molecule has 0 aliphatic carbocycles. The number of nitrogens with zero attached hydrogens (tertiary/aromatic N) is 1. The lowest BCUT2D eigenvalue weighted by Gasteiger charge is -2.08. The molecule has 0 radical (unpaired) electrons. The second-order valence-corrected chi connectivity index (χ2v) is 4.96. The summed E-state index contributed by atoms with van der Waals surface area (Å²) in [7, 11) is 0. The molecule has 4 nitrogen and oxygen atoms in total. The van der Waals surface area contributed by atoms with E-state index in [1.807, 2.05) is 24.3 Å². The van der Waals surface area contributed by atoms with E-state index in [-0.39, 0.29) is 24.8 Å². The largest absolute Gasteiger partial charge is 0.489 e. The van der Waals surface area contributed by atoms with Crippen molar-refractivity contribution in [3.8, 4) is 11.8 Å². The van der Waals surface area contributed by atoms with E-state index < -0.39 is 0 Å². The monoisotopic (exact) mass is 312 g/mol. The molecule has 23 heavy (non-hydrogen) atoms. The van der Waals surface area contributed by atoms with Gasteiger partial charge in [-0.15, -0.1) is 0 Å². The van der Waals surface area contributed by atoms with E-state index in [2.05, 4.69) is 5.32 Å². The Morgan fingerprint density at radius 1 is 1.17 bits per heavy atom. The van der Waals surface area contributed by atoms with Crippen molar-refractivity contribution in [2.45, 2.75) is 19.4 Å². The fourth-order valence-electron chi connectivity index (χ4n) is 2.01. The molecule has 0 heterocycles. The van der Waals surface area contributed by atoms with E-state index in [0.29, 0.717) is 24.3 Å². The first-order chi connectivity index (χ1) is 11.2. The zero-order valence-corrected chi connectivity index (χ0v) is 12.6.